The van der Waals surface area contributed by atoms with E-state index in [2.05, 4.69) is 21.7 Å². The third-order valence-corrected chi connectivity index (χ3v) is 3.88. The molecule has 0 radical (unpaired) electrons. The van der Waals surface area contributed by atoms with Crippen LogP contribution in [0.4, 0.5) is 0 Å². The van der Waals surface area contributed by atoms with Crippen molar-refractivity contribution in [2.75, 3.05) is 6.79 Å². The molecule has 2 heterocycles. The zero-order valence-corrected chi connectivity index (χ0v) is 10.8. The van der Waals surface area contributed by atoms with Gasteiger partial charge in [-0.2, -0.15) is 0 Å². The standard InChI is InChI=1S/C14H10N2O2S/c1-2-10(14-13(3-1)19-16-15-14)6-9-4-5-11-12(7-9)18-8-17-11/h1-5,7H,6,8H2. The fourth-order valence-electron chi connectivity index (χ4n) is 2.27. The van der Waals surface area contributed by atoms with Crippen LogP contribution in [0.3, 0.4) is 0 Å². The monoisotopic (exact) mass is 270 g/mol. The van der Waals surface area contributed by atoms with Crippen LogP contribution in [-0.4, -0.2) is 16.4 Å². The molecular formula is C14H10N2O2S. The van der Waals surface area contributed by atoms with E-state index in [1.165, 1.54) is 22.7 Å². The predicted molar refractivity (Wildman–Crippen MR) is 72.8 cm³/mol. The van der Waals surface area contributed by atoms with Gasteiger partial charge in [0.1, 0.15) is 5.52 Å². The van der Waals surface area contributed by atoms with Gasteiger partial charge in [-0.25, -0.2) is 0 Å². The smallest absolute Gasteiger partial charge is 0.231 e. The normalized spacial score (nSPS) is 13.1. The Balaban J connectivity index is 1.73. The van der Waals surface area contributed by atoms with Gasteiger partial charge < -0.3 is 9.47 Å². The molecule has 0 bridgehead atoms. The van der Waals surface area contributed by atoms with Crippen LogP contribution in [0.25, 0.3) is 10.2 Å². The summed E-state index contributed by atoms with van der Waals surface area (Å²) < 4.78 is 15.9. The highest BCUT2D eigenvalue weighted by molar-refractivity contribution is 7.12. The molecule has 5 heteroatoms. The molecule has 4 rings (SSSR count). The van der Waals surface area contributed by atoms with E-state index in [9.17, 15) is 0 Å². The van der Waals surface area contributed by atoms with Gasteiger partial charge in [-0.05, 0) is 47.3 Å². The SMILES string of the molecule is c1cc(Cc2ccc3c(c2)OCO3)c2nnsc2c1. The third-order valence-electron chi connectivity index (χ3n) is 3.19. The molecule has 1 aliphatic rings. The van der Waals surface area contributed by atoms with Gasteiger partial charge in [0.05, 0.1) is 4.70 Å². The Hall–Kier alpha value is -2.14. The van der Waals surface area contributed by atoms with Crippen molar-refractivity contribution in [2.45, 2.75) is 6.42 Å². The summed E-state index contributed by atoms with van der Waals surface area (Å²) in [6.07, 6.45) is 0.819. The average molecular weight is 270 g/mol. The van der Waals surface area contributed by atoms with Crippen molar-refractivity contribution in [3.63, 3.8) is 0 Å². The van der Waals surface area contributed by atoms with Crippen molar-refractivity contribution in [3.05, 3.63) is 47.5 Å². The van der Waals surface area contributed by atoms with Crippen LogP contribution >= 0.6 is 11.5 Å². The maximum absolute atomic E-state index is 5.40. The van der Waals surface area contributed by atoms with Gasteiger partial charge in [0, 0.05) is 0 Å². The van der Waals surface area contributed by atoms with Crippen LogP contribution in [-0.2, 0) is 6.42 Å². The van der Waals surface area contributed by atoms with E-state index in [1.807, 2.05) is 24.3 Å². The quantitative estimate of drug-likeness (QED) is 0.718. The van der Waals surface area contributed by atoms with Gasteiger partial charge in [-0.3, -0.25) is 0 Å². The van der Waals surface area contributed by atoms with Gasteiger partial charge in [0.15, 0.2) is 11.5 Å². The van der Waals surface area contributed by atoms with E-state index in [4.69, 9.17) is 9.47 Å². The summed E-state index contributed by atoms with van der Waals surface area (Å²) >= 11 is 1.43. The average Bonchev–Trinajstić information content (AvgIpc) is 3.06. The van der Waals surface area contributed by atoms with Crippen molar-refractivity contribution in [2.24, 2.45) is 0 Å². The molecule has 4 nitrogen and oxygen atoms in total. The Morgan fingerprint density at radius 2 is 2.05 bits per heavy atom. The molecule has 0 unspecified atom stereocenters. The fourth-order valence-corrected chi connectivity index (χ4v) is 2.88. The number of hydrogen-bond acceptors (Lipinski definition) is 5. The molecule has 0 aliphatic carbocycles. The number of benzene rings is 2. The molecule has 0 atom stereocenters. The first kappa shape index (κ1) is 10.8. The van der Waals surface area contributed by atoms with Crippen LogP contribution in [0, 0.1) is 0 Å². The van der Waals surface area contributed by atoms with Crippen LogP contribution < -0.4 is 9.47 Å². The highest BCUT2D eigenvalue weighted by Gasteiger charge is 2.14. The third kappa shape index (κ3) is 1.82. The Morgan fingerprint density at radius 3 is 3.05 bits per heavy atom. The first-order chi connectivity index (χ1) is 9.40. The van der Waals surface area contributed by atoms with E-state index in [1.54, 1.807) is 0 Å². The zero-order valence-electron chi connectivity index (χ0n) is 10.00. The van der Waals surface area contributed by atoms with Crippen molar-refractivity contribution in [1.29, 1.82) is 0 Å². The molecule has 0 fully saturated rings. The highest BCUT2D eigenvalue weighted by Crippen LogP contribution is 2.33. The van der Waals surface area contributed by atoms with Gasteiger partial charge in [-0.1, -0.05) is 22.7 Å². The van der Waals surface area contributed by atoms with Crippen molar-refractivity contribution < 1.29 is 9.47 Å². The molecule has 3 aromatic rings. The molecule has 0 saturated heterocycles. The number of aromatic nitrogens is 2. The molecule has 2 aromatic carbocycles. The van der Waals surface area contributed by atoms with E-state index in [-0.39, 0.29) is 0 Å². The lowest BCUT2D eigenvalue weighted by Gasteiger charge is -2.04. The van der Waals surface area contributed by atoms with E-state index in [0.29, 0.717) is 6.79 Å². The maximum Gasteiger partial charge on any atom is 0.231 e. The van der Waals surface area contributed by atoms with Crippen LogP contribution in [0.15, 0.2) is 36.4 Å². The van der Waals surface area contributed by atoms with E-state index >= 15 is 0 Å². The van der Waals surface area contributed by atoms with Crippen molar-refractivity contribution in [3.8, 4) is 11.5 Å². The molecule has 94 valence electrons. The van der Waals surface area contributed by atoms with Gasteiger partial charge in [0.2, 0.25) is 6.79 Å². The van der Waals surface area contributed by atoms with E-state index < -0.39 is 0 Å². The van der Waals surface area contributed by atoms with Gasteiger partial charge in [-0.15, -0.1) is 5.10 Å². The maximum atomic E-state index is 5.40. The lowest BCUT2D eigenvalue weighted by molar-refractivity contribution is 0.174. The van der Waals surface area contributed by atoms with Crippen LogP contribution in [0.5, 0.6) is 11.5 Å². The Labute approximate surface area is 113 Å². The zero-order chi connectivity index (χ0) is 12.7. The first-order valence-corrected chi connectivity index (χ1v) is 6.76. The second kappa shape index (κ2) is 4.20. The van der Waals surface area contributed by atoms with Gasteiger partial charge >= 0.3 is 0 Å². The molecule has 1 aliphatic heterocycles. The van der Waals surface area contributed by atoms with E-state index in [0.717, 1.165) is 28.1 Å². The Bertz CT molecular complexity index is 754. The lowest BCUT2D eigenvalue weighted by atomic mass is 10.0. The summed E-state index contributed by atoms with van der Waals surface area (Å²) in [6, 6.07) is 12.2. The molecule has 0 N–H and O–H groups in total. The Kier molecular flexibility index (Phi) is 2.38. The highest BCUT2D eigenvalue weighted by atomic mass is 32.1. The number of rotatable bonds is 2. The molecular weight excluding hydrogens is 260 g/mol. The second-order valence-corrected chi connectivity index (χ2v) is 5.19. The first-order valence-electron chi connectivity index (χ1n) is 5.99. The molecule has 19 heavy (non-hydrogen) atoms. The van der Waals surface area contributed by atoms with Crippen molar-refractivity contribution >= 4 is 21.7 Å². The summed E-state index contributed by atoms with van der Waals surface area (Å²) in [7, 11) is 0. The minimum atomic E-state index is 0.310. The number of ether oxygens (including phenoxy) is 2. The predicted octanol–water partition coefficient (Wildman–Crippen LogP) is 3.01. The van der Waals surface area contributed by atoms with Gasteiger partial charge in [0.25, 0.3) is 0 Å². The summed E-state index contributed by atoms with van der Waals surface area (Å²) in [5.41, 5.74) is 3.36. The largest absolute Gasteiger partial charge is 0.454 e. The van der Waals surface area contributed by atoms with Crippen LogP contribution in [0.2, 0.25) is 0 Å². The topological polar surface area (TPSA) is 44.2 Å². The molecule has 0 saturated carbocycles. The fraction of sp³-hybridized carbons (Fsp3) is 0.143. The van der Waals surface area contributed by atoms with Crippen LogP contribution in [0.1, 0.15) is 11.1 Å². The lowest BCUT2D eigenvalue weighted by Crippen LogP contribution is -1.93. The molecule has 1 aromatic heterocycles. The Morgan fingerprint density at radius 1 is 1.11 bits per heavy atom. The summed E-state index contributed by atoms with van der Waals surface area (Å²) in [5.74, 6) is 1.64. The summed E-state index contributed by atoms with van der Waals surface area (Å²) in [4.78, 5) is 0. The summed E-state index contributed by atoms with van der Waals surface area (Å²) in [6.45, 7) is 0.310. The molecule has 0 amide bonds. The number of nitrogens with zero attached hydrogens (tertiary/aromatic N) is 2. The number of hydrogen-bond donors (Lipinski definition) is 0. The van der Waals surface area contributed by atoms with Crippen molar-refractivity contribution in [1.82, 2.24) is 9.59 Å². The minimum Gasteiger partial charge on any atom is -0.454 e. The second-order valence-electron chi connectivity index (χ2n) is 4.40. The minimum absolute atomic E-state index is 0.310. The molecule has 0 spiro atoms. The summed E-state index contributed by atoms with van der Waals surface area (Å²) in [5, 5.41) is 4.20. The number of fused-ring (bicyclic) bond motifs is 2.